The van der Waals surface area contributed by atoms with Crippen molar-refractivity contribution in [2.75, 3.05) is 6.54 Å². The van der Waals surface area contributed by atoms with Gasteiger partial charge in [0.05, 0.1) is 5.56 Å². The van der Waals surface area contributed by atoms with Crippen LogP contribution in [0.4, 0.5) is 0 Å². The molecule has 0 spiro atoms. The van der Waals surface area contributed by atoms with Gasteiger partial charge in [-0.25, -0.2) is 5.01 Å². The largest absolute Gasteiger partial charge is 0.284 e. The van der Waals surface area contributed by atoms with Gasteiger partial charge in [0, 0.05) is 16.7 Å². The lowest BCUT2D eigenvalue weighted by Gasteiger charge is -2.29. The number of amides is 1. The highest BCUT2D eigenvalue weighted by Crippen LogP contribution is 2.18. The molecule has 0 fully saturated rings. The standard InChI is InChI=1S/C16H15IN2O/c17-15-8-4-3-7-14(15)16(20)18-19-10-9-12-5-1-2-6-13(12)11-19/h1-8H,9-11H2,(H,18,20). The Hall–Kier alpha value is -1.40. The average molecular weight is 378 g/mol. The summed E-state index contributed by atoms with van der Waals surface area (Å²) < 4.78 is 0.972. The average Bonchev–Trinajstić information content (AvgIpc) is 2.47. The molecule has 3 rings (SSSR count). The molecule has 0 radical (unpaired) electrons. The third-order valence-corrected chi connectivity index (χ3v) is 4.45. The Kier molecular flexibility index (Phi) is 4.03. The van der Waals surface area contributed by atoms with E-state index in [0.29, 0.717) is 0 Å². The van der Waals surface area contributed by atoms with Crippen LogP contribution in [0, 0.1) is 3.57 Å². The number of rotatable bonds is 2. The summed E-state index contributed by atoms with van der Waals surface area (Å²) in [4.78, 5) is 12.3. The van der Waals surface area contributed by atoms with Gasteiger partial charge < -0.3 is 0 Å². The number of hydrazine groups is 1. The number of hydrogen-bond acceptors (Lipinski definition) is 2. The van der Waals surface area contributed by atoms with Gasteiger partial charge in [0.2, 0.25) is 0 Å². The molecule has 4 heteroatoms. The van der Waals surface area contributed by atoms with Gasteiger partial charge in [0.15, 0.2) is 0 Å². The Morgan fingerprint density at radius 1 is 1.05 bits per heavy atom. The molecule has 20 heavy (non-hydrogen) atoms. The second kappa shape index (κ2) is 5.93. The van der Waals surface area contributed by atoms with E-state index in [2.05, 4.69) is 46.2 Å². The Morgan fingerprint density at radius 2 is 1.75 bits per heavy atom. The van der Waals surface area contributed by atoms with Crippen LogP contribution >= 0.6 is 22.6 Å². The number of fused-ring (bicyclic) bond motifs is 1. The van der Waals surface area contributed by atoms with E-state index in [1.807, 2.05) is 35.3 Å². The molecule has 0 saturated carbocycles. The molecule has 1 N–H and O–H groups in total. The number of nitrogens with one attached hydrogen (secondary N) is 1. The van der Waals surface area contributed by atoms with E-state index >= 15 is 0 Å². The van der Waals surface area contributed by atoms with Crippen LogP contribution in [-0.2, 0) is 13.0 Å². The second-order valence-corrected chi connectivity index (χ2v) is 6.02. The summed E-state index contributed by atoms with van der Waals surface area (Å²) in [6.07, 6.45) is 0.975. The van der Waals surface area contributed by atoms with Gasteiger partial charge in [-0.3, -0.25) is 10.2 Å². The fourth-order valence-electron chi connectivity index (χ4n) is 2.44. The molecule has 2 aromatic rings. The van der Waals surface area contributed by atoms with Crippen LogP contribution in [0.3, 0.4) is 0 Å². The zero-order valence-corrected chi connectivity index (χ0v) is 13.1. The summed E-state index contributed by atoms with van der Waals surface area (Å²) in [6.45, 7) is 1.62. The number of carbonyl (C=O) groups excluding carboxylic acids is 1. The van der Waals surface area contributed by atoms with E-state index in [9.17, 15) is 4.79 Å². The summed E-state index contributed by atoms with van der Waals surface area (Å²) in [5.41, 5.74) is 6.41. The van der Waals surface area contributed by atoms with Crippen molar-refractivity contribution in [3.63, 3.8) is 0 Å². The van der Waals surface area contributed by atoms with Crippen molar-refractivity contribution in [1.82, 2.24) is 10.4 Å². The summed E-state index contributed by atoms with van der Waals surface area (Å²) >= 11 is 2.19. The van der Waals surface area contributed by atoms with Crippen LogP contribution in [0.1, 0.15) is 21.5 Å². The van der Waals surface area contributed by atoms with E-state index < -0.39 is 0 Å². The molecule has 1 amide bonds. The smallest absolute Gasteiger partial charge is 0.266 e. The van der Waals surface area contributed by atoms with Gasteiger partial charge in [-0.05, 0) is 52.3 Å². The molecule has 0 saturated heterocycles. The first kappa shape index (κ1) is 13.6. The van der Waals surface area contributed by atoms with Gasteiger partial charge in [0.25, 0.3) is 5.91 Å². The van der Waals surface area contributed by atoms with Crippen molar-refractivity contribution in [2.24, 2.45) is 0 Å². The summed E-state index contributed by atoms with van der Waals surface area (Å²) in [7, 11) is 0. The molecule has 1 aliphatic heterocycles. The first-order chi connectivity index (χ1) is 9.74. The number of nitrogens with zero attached hydrogens (tertiary/aromatic N) is 1. The second-order valence-electron chi connectivity index (χ2n) is 4.86. The highest BCUT2D eigenvalue weighted by atomic mass is 127. The summed E-state index contributed by atoms with van der Waals surface area (Å²) in [5.74, 6) is -0.0330. The lowest BCUT2D eigenvalue weighted by Crippen LogP contribution is -2.45. The lowest BCUT2D eigenvalue weighted by atomic mass is 10.0. The minimum Gasteiger partial charge on any atom is -0.284 e. The molecule has 102 valence electrons. The fourth-order valence-corrected chi connectivity index (χ4v) is 3.07. The van der Waals surface area contributed by atoms with Gasteiger partial charge in [-0.15, -0.1) is 0 Å². The van der Waals surface area contributed by atoms with Crippen molar-refractivity contribution in [3.8, 4) is 0 Å². The van der Waals surface area contributed by atoms with E-state index in [-0.39, 0.29) is 5.91 Å². The molecule has 0 aromatic heterocycles. The predicted octanol–water partition coefficient (Wildman–Crippen LogP) is 2.99. The van der Waals surface area contributed by atoms with Crippen LogP contribution in [-0.4, -0.2) is 17.5 Å². The van der Waals surface area contributed by atoms with Gasteiger partial charge in [-0.1, -0.05) is 36.4 Å². The molecule has 0 atom stereocenters. The van der Waals surface area contributed by atoms with Gasteiger partial charge in [0.1, 0.15) is 0 Å². The van der Waals surface area contributed by atoms with E-state index in [4.69, 9.17) is 0 Å². The summed E-state index contributed by atoms with van der Waals surface area (Å²) in [5, 5.41) is 1.99. The van der Waals surface area contributed by atoms with Crippen molar-refractivity contribution in [3.05, 3.63) is 68.8 Å². The Labute approximate surface area is 132 Å². The first-order valence-corrected chi connectivity index (χ1v) is 7.69. The first-order valence-electron chi connectivity index (χ1n) is 6.61. The monoisotopic (exact) mass is 378 g/mol. The zero-order chi connectivity index (χ0) is 13.9. The number of carbonyl (C=O) groups is 1. The van der Waals surface area contributed by atoms with Crippen molar-refractivity contribution < 1.29 is 4.79 Å². The van der Waals surface area contributed by atoms with Crippen LogP contribution in [0.2, 0.25) is 0 Å². The topological polar surface area (TPSA) is 32.3 Å². The maximum atomic E-state index is 12.3. The van der Waals surface area contributed by atoms with Gasteiger partial charge >= 0.3 is 0 Å². The Bertz CT molecular complexity index is 642. The third-order valence-electron chi connectivity index (χ3n) is 3.51. The van der Waals surface area contributed by atoms with Crippen LogP contribution < -0.4 is 5.43 Å². The normalized spacial score (nSPS) is 14.7. The minimum atomic E-state index is -0.0330. The van der Waals surface area contributed by atoms with E-state index in [0.717, 1.165) is 28.6 Å². The maximum Gasteiger partial charge on any atom is 0.266 e. The molecule has 0 bridgehead atoms. The fraction of sp³-hybridized carbons (Fsp3) is 0.188. The highest BCUT2D eigenvalue weighted by molar-refractivity contribution is 14.1. The van der Waals surface area contributed by atoms with E-state index in [1.54, 1.807) is 0 Å². The summed E-state index contributed by atoms with van der Waals surface area (Å²) in [6, 6.07) is 16.0. The van der Waals surface area contributed by atoms with Crippen molar-refractivity contribution >= 4 is 28.5 Å². The molecular formula is C16H15IN2O. The quantitative estimate of drug-likeness (QED) is 0.815. The van der Waals surface area contributed by atoms with Gasteiger partial charge in [-0.2, -0.15) is 0 Å². The number of benzene rings is 2. The van der Waals surface area contributed by atoms with Crippen LogP contribution in [0.5, 0.6) is 0 Å². The number of halogens is 1. The molecule has 0 unspecified atom stereocenters. The molecular weight excluding hydrogens is 363 g/mol. The lowest BCUT2D eigenvalue weighted by molar-refractivity contribution is 0.0763. The maximum absolute atomic E-state index is 12.3. The van der Waals surface area contributed by atoms with Crippen molar-refractivity contribution in [2.45, 2.75) is 13.0 Å². The molecule has 1 heterocycles. The van der Waals surface area contributed by atoms with E-state index in [1.165, 1.54) is 11.1 Å². The van der Waals surface area contributed by atoms with Crippen LogP contribution in [0.15, 0.2) is 48.5 Å². The Morgan fingerprint density at radius 3 is 2.55 bits per heavy atom. The zero-order valence-electron chi connectivity index (χ0n) is 11.0. The Balaban J connectivity index is 1.71. The molecule has 1 aliphatic rings. The molecule has 3 nitrogen and oxygen atoms in total. The SMILES string of the molecule is O=C(NN1CCc2ccccc2C1)c1ccccc1I. The predicted molar refractivity (Wildman–Crippen MR) is 87.2 cm³/mol. The van der Waals surface area contributed by atoms with Crippen LogP contribution in [0.25, 0.3) is 0 Å². The number of hydrogen-bond donors (Lipinski definition) is 1. The van der Waals surface area contributed by atoms with Crippen molar-refractivity contribution in [1.29, 1.82) is 0 Å². The highest BCUT2D eigenvalue weighted by Gasteiger charge is 2.18. The molecule has 2 aromatic carbocycles. The third kappa shape index (κ3) is 2.86. The molecule has 0 aliphatic carbocycles. The minimum absolute atomic E-state index is 0.0330.